The molecule has 5 nitrogen and oxygen atoms in total. The van der Waals surface area contributed by atoms with Crippen molar-refractivity contribution < 1.29 is 9.21 Å². The van der Waals surface area contributed by atoms with Crippen LogP contribution in [-0.2, 0) is 0 Å². The van der Waals surface area contributed by atoms with Crippen LogP contribution >= 0.6 is 0 Å². The van der Waals surface area contributed by atoms with Crippen molar-refractivity contribution >= 4 is 11.6 Å². The number of oxazole rings is 1. The van der Waals surface area contributed by atoms with Crippen LogP contribution < -0.4 is 4.90 Å². The number of hydrogen-bond donors (Lipinski definition) is 0. The van der Waals surface area contributed by atoms with Crippen molar-refractivity contribution in [2.24, 2.45) is 0 Å². The first kappa shape index (κ1) is 18.3. The summed E-state index contributed by atoms with van der Waals surface area (Å²) in [6.45, 7) is 9.03. The molecule has 1 aliphatic rings. The lowest BCUT2D eigenvalue weighted by atomic mass is 10.1. The first-order valence-corrected chi connectivity index (χ1v) is 9.68. The standard InChI is InChI=1S/C23H25N3O2/c1-16-8-7-11-20(17(16)2)25-12-14-26(15-13-25)23(27)22-21(24-18(3)28-22)19-9-5-4-6-10-19/h4-11H,12-15H2,1-3H3. The van der Waals surface area contributed by atoms with Crippen LogP contribution in [0.5, 0.6) is 0 Å². The van der Waals surface area contributed by atoms with E-state index in [0.717, 1.165) is 18.7 Å². The molecule has 1 aromatic heterocycles. The fourth-order valence-corrected chi connectivity index (χ4v) is 3.74. The van der Waals surface area contributed by atoms with Crippen LogP contribution in [0, 0.1) is 20.8 Å². The number of carbonyl (C=O) groups is 1. The molecule has 3 aromatic rings. The second-order valence-electron chi connectivity index (χ2n) is 7.27. The second-order valence-corrected chi connectivity index (χ2v) is 7.27. The average molecular weight is 375 g/mol. The maximum atomic E-state index is 13.1. The third-order valence-corrected chi connectivity index (χ3v) is 5.46. The zero-order valence-corrected chi connectivity index (χ0v) is 16.6. The predicted molar refractivity (Wildman–Crippen MR) is 111 cm³/mol. The number of aromatic nitrogens is 1. The molecule has 0 saturated carbocycles. The number of nitrogens with zero attached hydrogens (tertiary/aromatic N) is 3. The van der Waals surface area contributed by atoms with Gasteiger partial charge in [-0.15, -0.1) is 0 Å². The molecule has 4 rings (SSSR count). The molecule has 0 spiro atoms. The van der Waals surface area contributed by atoms with Gasteiger partial charge in [0.2, 0.25) is 5.76 Å². The smallest absolute Gasteiger partial charge is 0.292 e. The molecule has 0 radical (unpaired) electrons. The van der Waals surface area contributed by atoms with E-state index in [0.29, 0.717) is 30.4 Å². The molecule has 0 bridgehead atoms. The summed E-state index contributed by atoms with van der Waals surface area (Å²) < 4.78 is 5.71. The molecule has 1 aliphatic heterocycles. The van der Waals surface area contributed by atoms with E-state index in [1.54, 1.807) is 6.92 Å². The van der Waals surface area contributed by atoms with E-state index in [2.05, 4.69) is 41.9 Å². The van der Waals surface area contributed by atoms with E-state index in [1.165, 1.54) is 16.8 Å². The number of aryl methyl sites for hydroxylation is 2. The summed E-state index contributed by atoms with van der Waals surface area (Å²) in [6.07, 6.45) is 0. The highest BCUT2D eigenvalue weighted by Gasteiger charge is 2.28. The number of hydrogen-bond acceptors (Lipinski definition) is 4. The number of benzene rings is 2. The fraction of sp³-hybridized carbons (Fsp3) is 0.304. The largest absolute Gasteiger partial charge is 0.435 e. The number of amides is 1. The molecule has 2 aromatic carbocycles. The van der Waals surface area contributed by atoms with Gasteiger partial charge >= 0.3 is 0 Å². The molecule has 144 valence electrons. The highest BCUT2D eigenvalue weighted by atomic mass is 16.4. The van der Waals surface area contributed by atoms with E-state index in [9.17, 15) is 4.79 Å². The third kappa shape index (κ3) is 3.40. The Labute approximate surface area is 165 Å². The van der Waals surface area contributed by atoms with Crippen LogP contribution in [0.2, 0.25) is 0 Å². The summed E-state index contributed by atoms with van der Waals surface area (Å²) >= 11 is 0. The lowest BCUT2D eigenvalue weighted by Gasteiger charge is -2.36. The van der Waals surface area contributed by atoms with Crippen molar-refractivity contribution in [3.63, 3.8) is 0 Å². The Hall–Kier alpha value is -3.08. The minimum atomic E-state index is -0.0833. The Morgan fingerprint density at radius 1 is 0.929 bits per heavy atom. The van der Waals surface area contributed by atoms with Gasteiger partial charge in [0.05, 0.1) is 0 Å². The Kier molecular flexibility index (Phi) is 4.90. The van der Waals surface area contributed by atoms with E-state index >= 15 is 0 Å². The van der Waals surface area contributed by atoms with Crippen molar-refractivity contribution in [1.82, 2.24) is 9.88 Å². The normalized spacial score (nSPS) is 14.4. The van der Waals surface area contributed by atoms with Gasteiger partial charge in [-0.2, -0.15) is 0 Å². The van der Waals surface area contributed by atoms with Gasteiger partial charge in [-0.05, 0) is 31.0 Å². The van der Waals surface area contributed by atoms with Crippen LogP contribution in [0.1, 0.15) is 27.6 Å². The number of rotatable bonds is 3. The molecule has 1 amide bonds. The van der Waals surface area contributed by atoms with Gasteiger partial charge in [0, 0.05) is 44.4 Å². The van der Waals surface area contributed by atoms with Crippen molar-refractivity contribution in [2.45, 2.75) is 20.8 Å². The van der Waals surface area contributed by atoms with Gasteiger partial charge in [-0.25, -0.2) is 4.98 Å². The number of piperazine rings is 1. The quantitative estimate of drug-likeness (QED) is 0.687. The predicted octanol–water partition coefficient (Wildman–Crippen LogP) is 4.23. The maximum Gasteiger partial charge on any atom is 0.292 e. The van der Waals surface area contributed by atoms with E-state index in [1.807, 2.05) is 35.2 Å². The summed E-state index contributed by atoms with van der Waals surface area (Å²) in [4.78, 5) is 21.8. The molecule has 0 N–H and O–H groups in total. The van der Waals surface area contributed by atoms with Crippen molar-refractivity contribution in [3.05, 3.63) is 71.3 Å². The lowest BCUT2D eigenvalue weighted by Crippen LogP contribution is -2.49. The molecule has 0 aliphatic carbocycles. The summed E-state index contributed by atoms with van der Waals surface area (Å²) in [5.41, 5.74) is 5.38. The van der Waals surface area contributed by atoms with Crippen LogP contribution in [0.3, 0.4) is 0 Å². The molecule has 0 atom stereocenters. The zero-order chi connectivity index (χ0) is 19.7. The summed E-state index contributed by atoms with van der Waals surface area (Å²) in [5.74, 6) is 0.764. The van der Waals surface area contributed by atoms with Gasteiger partial charge in [0.25, 0.3) is 5.91 Å². The molecule has 5 heteroatoms. The highest BCUT2D eigenvalue weighted by molar-refractivity contribution is 5.97. The summed E-state index contributed by atoms with van der Waals surface area (Å²) in [7, 11) is 0. The Morgan fingerprint density at radius 3 is 2.36 bits per heavy atom. The molecule has 28 heavy (non-hydrogen) atoms. The first-order chi connectivity index (χ1) is 13.5. The monoisotopic (exact) mass is 375 g/mol. The van der Waals surface area contributed by atoms with E-state index < -0.39 is 0 Å². The maximum absolute atomic E-state index is 13.1. The van der Waals surface area contributed by atoms with Gasteiger partial charge in [-0.1, -0.05) is 42.5 Å². The van der Waals surface area contributed by atoms with Gasteiger partial charge < -0.3 is 14.2 Å². The van der Waals surface area contributed by atoms with Gasteiger partial charge in [0.1, 0.15) is 5.69 Å². The van der Waals surface area contributed by atoms with Crippen molar-refractivity contribution in [1.29, 1.82) is 0 Å². The minimum Gasteiger partial charge on any atom is -0.435 e. The Bertz CT molecular complexity index is 986. The van der Waals surface area contributed by atoms with Gasteiger partial charge in [0.15, 0.2) is 5.89 Å². The average Bonchev–Trinajstić information content (AvgIpc) is 3.12. The van der Waals surface area contributed by atoms with Crippen molar-refractivity contribution in [2.75, 3.05) is 31.1 Å². The van der Waals surface area contributed by atoms with Crippen LogP contribution in [0.4, 0.5) is 5.69 Å². The molecule has 2 heterocycles. The first-order valence-electron chi connectivity index (χ1n) is 9.68. The summed E-state index contributed by atoms with van der Waals surface area (Å²) in [6, 6.07) is 16.1. The Balaban J connectivity index is 1.52. The molecular weight excluding hydrogens is 350 g/mol. The number of anilines is 1. The topological polar surface area (TPSA) is 49.6 Å². The van der Waals surface area contributed by atoms with E-state index in [-0.39, 0.29) is 5.91 Å². The third-order valence-electron chi connectivity index (χ3n) is 5.46. The summed E-state index contributed by atoms with van der Waals surface area (Å²) in [5, 5.41) is 0. The Morgan fingerprint density at radius 2 is 1.64 bits per heavy atom. The zero-order valence-electron chi connectivity index (χ0n) is 16.6. The molecular formula is C23H25N3O2. The van der Waals surface area contributed by atoms with Crippen LogP contribution in [0.15, 0.2) is 52.9 Å². The lowest BCUT2D eigenvalue weighted by molar-refractivity contribution is 0.0714. The number of carbonyl (C=O) groups excluding carboxylic acids is 1. The van der Waals surface area contributed by atoms with Crippen LogP contribution in [-0.4, -0.2) is 42.0 Å². The molecule has 1 saturated heterocycles. The van der Waals surface area contributed by atoms with Crippen molar-refractivity contribution in [3.8, 4) is 11.3 Å². The fourth-order valence-electron chi connectivity index (χ4n) is 3.74. The second kappa shape index (κ2) is 7.50. The SMILES string of the molecule is Cc1nc(-c2ccccc2)c(C(=O)N2CCN(c3cccc(C)c3C)CC2)o1. The molecule has 0 unspecified atom stereocenters. The molecule has 1 fully saturated rings. The van der Waals surface area contributed by atoms with Gasteiger partial charge in [-0.3, -0.25) is 4.79 Å². The van der Waals surface area contributed by atoms with Crippen LogP contribution in [0.25, 0.3) is 11.3 Å². The highest BCUT2D eigenvalue weighted by Crippen LogP contribution is 2.27. The van der Waals surface area contributed by atoms with E-state index in [4.69, 9.17) is 4.42 Å². The minimum absolute atomic E-state index is 0.0833.